The first-order valence-corrected chi connectivity index (χ1v) is 7.40. The molecule has 7 heteroatoms. The van der Waals surface area contributed by atoms with Gasteiger partial charge in [-0.15, -0.1) is 5.10 Å². The van der Waals surface area contributed by atoms with E-state index in [0.717, 1.165) is 35.2 Å². The second-order valence-electron chi connectivity index (χ2n) is 3.35. The summed E-state index contributed by atoms with van der Waals surface area (Å²) in [7, 11) is 1.41. The minimum Gasteiger partial charge on any atom is -0.469 e. The van der Waals surface area contributed by atoms with Gasteiger partial charge in [-0.1, -0.05) is 11.4 Å². The third kappa shape index (κ3) is 5.36. The molecule has 1 aromatic rings. The van der Waals surface area contributed by atoms with E-state index in [9.17, 15) is 4.79 Å². The smallest absolute Gasteiger partial charge is 0.306 e. The standard InChI is InChI=1S/C10H17N3O2S2/c1-3-5-11-10-8(12-13-17-10)7-16-6-4-9(14)15-2/h11H,3-7H2,1-2H3. The first kappa shape index (κ1) is 14.2. The molecule has 0 saturated carbocycles. The van der Waals surface area contributed by atoms with Crippen LogP contribution >= 0.6 is 23.3 Å². The first-order chi connectivity index (χ1) is 8.27. The number of ether oxygens (including phenoxy) is 1. The van der Waals surface area contributed by atoms with Gasteiger partial charge in [0.15, 0.2) is 0 Å². The van der Waals surface area contributed by atoms with Gasteiger partial charge in [0.05, 0.1) is 13.5 Å². The maximum Gasteiger partial charge on any atom is 0.306 e. The monoisotopic (exact) mass is 275 g/mol. The molecule has 1 aromatic heterocycles. The van der Waals surface area contributed by atoms with Crippen molar-refractivity contribution in [1.82, 2.24) is 9.59 Å². The average Bonchev–Trinajstić information content (AvgIpc) is 2.79. The van der Waals surface area contributed by atoms with E-state index in [1.165, 1.54) is 18.6 Å². The lowest BCUT2D eigenvalue weighted by Crippen LogP contribution is -2.02. The topological polar surface area (TPSA) is 64.1 Å². The summed E-state index contributed by atoms with van der Waals surface area (Å²) in [5, 5.41) is 8.41. The van der Waals surface area contributed by atoms with Crippen LogP contribution in [0.25, 0.3) is 0 Å². The van der Waals surface area contributed by atoms with Crippen LogP contribution in [0.5, 0.6) is 0 Å². The summed E-state index contributed by atoms with van der Waals surface area (Å²) in [6.07, 6.45) is 1.52. The molecule has 1 rings (SSSR count). The number of rotatable bonds is 8. The Hall–Kier alpha value is -0.820. The molecular weight excluding hydrogens is 258 g/mol. The lowest BCUT2D eigenvalue weighted by Gasteiger charge is -2.03. The Morgan fingerprint density at radius 2 is 2.41 bits per heavy atom. The Balaban J connectivity index is 2.26. The van der Waals surface area contributed by atoms with Crippen molar-refractivity contribution in [2.45, 2.75) is 25.5 Å². The van der Waals surface area contributed by atoms with Crippen molar-refractivity contribution in [3.8, 4) is 0 Å². The van der Waals surface area contributed by atoms with Gasteiger partial charge in [-0.25, -0.2) is 0 Å². The number of hydrogen-bond donors (Lipinski definition) is 1. The number of anilines is 1. The first-order valence-electron chi connectivity index (χ1n) is 5.47. The van der Waals surface area contributed by atoms with Crippen LogP contribution in [0, 0.1) is 0 Å². The van der Waals surface area contributed by atoms with Crippen LogP contribution in [0.2, 0.25) is 0 Å². The molecule has 0 aliphatic heterocycles. The van der Waals surface area contributed by atoms with E-state index in [1.807, 2.05) is 0 Å². The van der Waals surface area contributed by atoms with Gasteiger partial charge in [0.1, 0.15) is 10.7 Å². The van der Waals surface area contributed by atoms with Crippen molar-refractivity contribution < 1.29 is 9.53 Å². The van der Waals surface area contributed by atoms with Crippen molar-refractivity contribution in [3.63, 3.8) is 0 Å². The van der Waals surface area contributed by atoms with Gasteiger partial charge >= 0.3 is 5.97 Å². The fourth-order valence-corrected chi connectivity index (χ4v) is 2.65. The van der Waals surface area contributed by atoms with Gasteiger partial charge in [0.25, 0.3) is 0 Å². The van der Waals surface area contributed by atoms with Crippen LogP contribution in [-0.4, -0.2) is 35.0 Å². The highest BCUT2D eigenvalue weighted by Gasteiger charge is 2.07. The molecule has 17 heavy (non-hydrogen) atoms. The van der Waals surface area contributed by atoms with Crippen molar-refractivity contribution in [1.29, 1.82) is 0 Å². The van der Waals surface area contributed by atoms with Crippen molar-refractivity contribution in [2.24, 2.45) is 0 Å². The molecule has 5 nitrogen and oxygen atoms in total. The minimum atomic E-state index is -0.168. The van der Waals surface area contributed by atoms with E-state index in [4.69, 9.17) is 0 Å². The van der Waals surface area contributed by atoms with Crippen LogP contribution in [0.4, 0.5) is 5.00 Å². The molecular formula is C10H17N3O2S2. The normalized spacial score (nSPS) is 10.2. The fraction of sp³-hybridized carbons (Fsp3) is 0.700. The molecule has 0 atom stereocenters. The molecule has 0 saturated heterocycles. The summed E-state index contributed by atoms with van der Waals surface area (Å²) in [4.78, 5) is 10.9. The predicted octanol–water partition coefficient (Wildman–Crippen LogP) is 2.16. The quantitative estimate of drug-likeness (QED) is 0.579. The lowest BCUT2D eigenvalue weighted by molar-refractivity contribution is -0.140. The van der Waals surface area contributed by atoms with Crippen LogP contribution < -0.4 is 5.32 Å². The van der Waals surface area contributed by atoms with Gasteiger partial charge in [-0.05, 0) is 6.42 Å². The van der Waals surface area contributed by atoms with Crippen molar-refractivity contribution >= 4 is 34.3 Å². The molecule has 1 N–H and O–H groups in total. The number of aromatic nitrogens is 2. The van der Waals surface area contributed by atoms with Crippen LogP contribution in [0.3, 0.4) is 0 Å². The zero-order chi connectivity index (χ0) is 12.5. The zero-order valence-corrected chi connectivity index (χ0v) is 11.7. The SMILES string of the molecule is CCCNc1snnc1CSCCC(=O)OC. The third-order valence-electron chi connectivity index (χ3n) is 2.01. The molecule has 0 spiro atoms. The number of hydrogen-bond acceptors (Lipinski definition) is 7. The molecule has 96 valence electrons. The molecule has 0 aromatic carbocycles. The Bertz CT molecular complexity index is 344. The fourth-order valence-electron chi connectivity index (χ4n) is 1.10. The van der Waals surface area contributed by atoms with E-state index in [1.54, 1.807) is 11.8 Å². The van der Waals surface area contributed by atoms with Gasteiger partial charge in [-0.2, -0.15) is 11.8 Å². The second-order valence-corrected chi connectivity index (χ2v) is 5.21. The number of thioether (sulfide) groups is 1. The number of esters is 1. The van der Waals surface area contributed by atoms with Gasteiger partial charge in [-0.3, -0.25) is 4.79 Å². The number of nitrogens with one attached hydrogen (secondary N) is 1. The zero-order valence-electron chi connectivity index (χ0n) is 10.1. The second kappa shape index (κ2) is 8.30. The minimum absolute atomic E-state index is 0.168. The predicted molar refractivity (Wildman–Crippen MR) is 71.5 cm³/mol. The van der Waals surface area contributed by atoms with E-state index in [2.05, 4.69) is 26.6 Å². The lowest BCUT2D eigenvalue weighted by atomic mass is 10.4. The summed E-state index contributed by atoms with van der Waals surface area (Å²) >= 11 is 3.05. The Kier molecular flexibility index (Phi) is 6.95. The molecule has 0 fully saturated rings. The highest BCUT2D eigenvalue weighted by molar-refractivity contribution is 7.98. The summed E-state index contributed by atoms with van der Waals surface area (Å²) in [6.45, 7) is 3.05. The van der Waals surface area contributed by atoms with Gasteiger partial charge < -0.3 is 10.1 Å². The molecule has 0 amide bonds. The van der Waals surface area contributed by atoms with Crippen molar-refractivity contribution in [3.05, 3.63) is 5.69 Å². The Morgan fingerprint density at radius 3 is 3.12 bits per heavy atom. The van der Waals surface area contributed by atoms with Gasteiger partial charge in [0, 0.05) is 29.6 Å². The van der Waals surface area contributed by atoms with Crippen molar-refractivity contribution in [2.75, 3.05) is 24.7 Å². The summed E-state index contributed by atoms with van der Waals surface area (Å²) in [5.74, 6) is 1.36. The summed E-state index contributed by atoms with van der Waals surface area (Å²) in [6, 6.07) is 0. The summed E-state index contributed by atoms with van der Waals surface area (Å²) < 4.78 is 8.50. The van der Waals surface area contributed by atoms with Gasteiger partial charge in [0.2, 0.25) is 0 Å². The number of methoxy groups -OCH3 is 1. The van der Waals surface area contributed by atoms with Crippen LogP contribution in [0.15, 0.2) is 0 Å². The highest BCUT2D eigenvalue weighted by Crippen LogP contribution is 2.22. The average molecular weight is 275 g/mol. The molecule has 0 radical (unpaired) electrons. The van der Waals surface area contributed by atoms with E-state index in [-0.39, 0.29) is 5.97 Å². The molecule has 0 unspecified atom stereocenters. The number of nitrogens with zero attached hydrogens (tertiary/aromatic N) is 2. The van der Waals surface area contributed by atoms with Crippen LogP contribution in [0.1, 0.15) is 25.5 Å². The van der Waals surface area contributed by atoms with Crippen LogP contribution in [-0.2, 0) is 15.3 Å². The molecule has 0 bridgehead atoms. The molecule has 0 aliphatic rings. The maximum absolute atomic E-state index is 10.9. The highest BCUT2D eigenvalue weighted by atomic mass is 32.2. The Labute approximate surface area is 109 Å². The number of carbonyl (C=O) groups excluding carboxylic acids is 1. The summed E-state index contributed by atoms with van der Waals surface area (Å²) in [5.41, 5.74) is 0.971. The largest absolute Gasteiger partial charge is 0.469 e. The third-order valence-corrected chi connectivity index (χ3v) is 3.70. The van der Waals surface area contributed by atoms with E-state index >= 15 is 0 Å². The molecule has 0 aliphatic carbocycles. The molecule has 1 heterocycles. The number of carbonyl (C=O) groups is 1. The maximum atomic E-state index is 10.9. The van der Waals surface area contributed by atoms with E-state index in [0.29, 0.717) is 6.42 Å². The Morgan fingerprint density at radius 1 is 1.59 bits per heavy atom. The van der Waals surface area contributed by atoms with E-state index < -0.39 is 0 Å².